The van der Waals surface area contributed by atoms with Crippen molar-refractivity contribution in [1.29, 1.82) is 0 Å². The van der Waals surface area contributed by atoms with E-state index in [-0.39, 0.29) is 12.6 Å². The maximum absolute atomic E-state index is 11.6. The molecule has 0 aliphatic rings. The van der Waals surface area contributed by atoms with Crippen molar-refractivity contribution in [3.8, 4) is 0 Å². The molecule has 90 valence electrons. The molecule has 0 aromatic rings. The molecular formula is C11H24NO3+. The van der Waals surface area contributed by atoms with Crippen LogP contribution in [0.5, 0.6) is 0 Å². The molecule has 0 aliphatic carbocycles. The van der Waals surface area contributed by atoms with Crippen LogP contribution in [0.4, 0.5) is 0 Å². The highest BCUT2D eigenvalue weighted by atomic mass is 16.5. The fourth-order valence-corrected chi connectivity index (χ4v) is 0.907. The second-order valence-electron chi connectivity index (χ2n) is 5.22. The van der Waals surface area contributed by atoms with Gasteiger partial charge in [-0.25, -0.2) is 0 Å². The first kappa shape index (κ1) is 14.4. The summed E-state index contributed by atoms with van der Waals surface area (Å²) in [7, 11) is 6.12. The van der Waals surface area contributed by atoms with Gasteiger partial charge in [-0.05, 0) is 13.3 Å². The van der Waals surface area contributed by atoms with Gasteiger partial charge in [-0.3, -0.25) is 4.79 Å². The van der Waals surface area contributed by atoms with Crippen LogP contribution in [0.3, 0.4) is 0 Å². The molecule has 0 fully saturated rings. The van der Waals surface area contributed by atoms with Crippen molar-refractivity contribution in [3.63, 3.8) is 0 Å². The van der Waals surface area contributed by atoms with Crippen LogP contribution >= 0.6 is 0 Å². The van der Waals surface area contributed by atoms with E-state index in [2.05, 4.69) is 0 Å². The van der Waals surface area contributed by atoms with Crippen LogP contribution in [-0.2, 0) is 9.53 Å². The highest BCUT2D eigenvalue weighted by molar-refractivity contribution is 5.76. The largest absolute Gasteiger partial charge is 0.459 e. The number of aliphatic hydroxyl groups excluding tert-OH is 1. The molecule has 0 radical (unpaired) electrons. The van der Waals surface area contributed by atoms with Gasteiger partial charge in [-0.15, -0.1) is 0 Å². The summed E-state index contributed by atoms with van der Waals surface area (Å²) in [4.78, 5) is 11.6. The number of likely N-dealkylation sites (N-methyl/N-ethyl adjacent to an activating group) is 1. The molecule has 0 saturated heterocycles. The predicted molar refractivity (Wildman–Crippen MR) is 59.3 cm³/mol. The summed E-state index contributed by atoms with van der Waals surface area (Å²) in [5, 5.41) is 9.11. The Hall–Kier alpha value is -0.610. The van der Waals surface area contributed by atoms with E-state index in [1.165, 1.54) is 0 Å². The Morgan fingerprint density at radius 2 is 1.93 bits per heavy atom. The van der Waals surface area contributed by atoms with E-state index in [9.17, 15) is 4.79 Å². The minimum Gasteiger partial charge on any atom is -0.459 e. The number of esters is 1. The van der Waals surface area contributed by atoms with E-state index in [4.69, 9.17) is 9.84 Å². The Kier molecular flexibility index (Phi) is 5.24. The van der Waals surface area contributed by atoms with Gasteiger partial charge in [0.05, 0.1) is 33.2 Å². The van der Waals surface area contributed by atoms with Gasteiger partial charge in [-0.1, -0.05) is 6.92 Å². The zero-order valence-electron chi connectivity index (χ0n) is 10.5. The van der Waals surface area contributed by atoms with E-state index in [1.807, 2.05) is 28.1 Å². The van der Waals surface area contributed by atoms with E-state index in [1.54, 1.807) is 6.92 Å². The molecule has 0 aromatic carbocycles. The SMILES string of the molecule is CCC(C)(CO)C(=O)OCC[N+](C)(C)C. The summed E-state index contributed by atoms with van der Waals surface area (Å²) < 4.78 is 5.91. The Labute approximate surface area is 92.4 Å². The van der Waals surface area contributed by atoms with Gasteiger partial charge in [0.1, 0.15) is 13.2 Å². The molecule has 4 nitrogen and oxygen atoms in total. The fraction of sp³-hybridized carbons (Fsp3) is 0.909. The molecule has 0 aromatic heterocycles. The first-order valence-electron chi connectivity index (χ1n) is 5.34. The standard InChI is InChI=1S/C11H24NO3/c1-6-11(2,9-13)10(14)15-8-7-12(3,4)5/h13H,6-9H2,1-5H3/q+1. The van der Waals surface area contributed by atoms with Gasteiger partial charge in [0.25, 0.3) is 0 Å². The smallest absolute Gasteiger partial charge is 0.314 e. The lowest BCUT2D eigenvalue weighted by atomic mass is 9.89. The molecule has 1 N–H and O–H groups in total. The normalized spacial score (nSPS) is 15.9. The number of hydrogen-bond acceptors (Lipinski definition) is 3. The molecule has 0 bridgehead atoms. The Morgan fingerprint density at radius 1 is 1.40 bits per heavy atom. The minimum atomic E-state index is -0.745. The minimum absolute atomic E-state index is 0.160. The van der Waals surface area contributed by atoms with E-state index >= 15 is 0 Å². The summed E-state index contributed by atoms with van der Waals surface area (Å²) >= 11 is 0. The monoisotopic (exact) mass is 218 g/mol. The average molecular weight is 218 g/mol. The lowest BCUT2D eigenvalue weighted by Gasteiger charge is -2.26. The van der Waals surface area contributed by atoms with Gasteiger partial charge in [0.2, 0.25) is 0 Å². The van der Waals surface area contributed by atoms with E-state index in [0.29, 0.717) is 13.0 Å². The molecule has 0 aliphatic heterocycles. The molecular weight excluding hydrogens is 194 g/mol. The van der Waals surface area contributed by atoms with Gasteiger partial charge in [0, 0.05) is 0 Å². The van der Waals surface area contributed by atoms with Gasteiger partial charge < -0.3 is 14.3 Å². The Bertz CT molecular complexity index is 204. The number of nitrogens with zero attached hydrogens (tertiary/aromatic N) is 1. The van der Waals surface area contributed by atoms with Crippen molar-refractivity contribution in [2.75, 3.05) is 40.9 Å². The molecule has 15 heavy (non-hydrogen) atoms. The molecule has 1 atom stereocenters. The van der Waals surface area contributed by atoms with Crippen molar-refractivity contribution in [2.45, 2.75) is 20.3 Å². The molecule has 0 saturated carbocycles. The number of carbonyl (C=O) groups excluding carboxylic acids is 1. The summed E-state index contributed by atoms with van der Waals surface area (Å²) in [6, 6.07) is 0. The summed E-state index contributed by atoms with van der Waals surface area (Å²) in [5.41, 5.74) is -0.745. The van der Waals surface area contributed by atoms with Gasteiger partial charge >= 0.3 is 5.97 Å². The van der Waals surface area contributed by atoms with Gasteiger partial charge in [-0.2, -0.15) is 0 Å². The van der Waals surface area contributed by atoms with Crippen molar-refractivity contribution in [2.24, 2.45) is 5.41 Å². The zero-order valence-corrected chi connectivity index (χ0v) is 10.5. The number of ether oxygens (including phenoxy) is 1. The van der Waals surface area contributed by atoms with Crippen LogP contribution in [0, 0.1) is 5.41 Å². The van der Waals surface area contributed by atoms with Crippen LogP contribution in [0.25, 0.3) is 0 Å². The summed E-state index contributed by atoms with van der Waals surface area (Å²) in [5.74, 6) is -0.305. The van der Waals surface area contributed by atoms with Crippen molar-refractivity contribution < 1.29 is 19.1 Å². The number of hydrogen-bond donors (Lipinski definition) is 1. The molecule has 0 heterocycles. The lowest BCUT2D eigenvalue weighted by molar-refractivity contribution is -0.870. The Balaban J connectivity index is 4.04. The number of carbonyl (C=O) groups is 1. The third-order valence-electron chi connectivity index (χ3n) is 2.62. The van der Waals surface area contributed by atoms with Crippen LogP contribution in [0.15, 0.2) is 0 Å². The van der Waals surface area contributed by atoms with E-state index < -0.39 is 5.41 Å². The first-order chi connectivity index (χ1) is 6.75. The predicted octanol–water partition coefficient (Wildman–Crippen LogP) is 0.644. The average Bonchev–Trinajstić information content (AvgIpc) is 2.14. The van der Waals surface area contributed by atoms with Gasteiger partial charge in [0.15, 0.2) is 0 Å². The number of aliphatic hydroxyl groups is 1. The highest BCUT2D eigenvalue weighted by Gasteiger charge is 2.32. The topological polar surface area (TPSA) is 46.5 Å². The van der Waals surface area contributed by atoms with Crippen molar-refractivity contribution in [1.82, 2.24) is 0 Å². The zero-order chi connectivity index (χ0) is 12.1. The molecule has 0 spiro atoms. The maximum atomic E-state index is 11.6. The van der Waals surface area contributed by atoms with Crippen LogP contribution in [0.1, 0.15) is 20.3 Å². The lowest BCUT2D eigenvalue weighted by Crippen LogP contribution is -2.40. The van der Waals surface area contributed by atoms with Crippen LogP contribution < -0.4 is 0 Å². The third kappa shape index (κ3) is 5.14. The quantitative estimate of drug-likeness (QED) is 0.526. The third-order valence-corrected chi connectivity index (χ3v) is 2.62. The first-order valence-corrected chi connectivity index (χ1v) is 5.34. The Morgan fingerprint density at radius 3 is 2.27 bits per heavy atom. The second kappa shape index (κ2) is 5.47. The number of quaternary nitrogens is 1. The molecule has 1 unspecified atom stereocenters. The summed E-state index contributed by atoms with van der Waals surface area (Å²) in [6.07, 6.45) is 0.590. The van der Waals surface area contributed by atoms with Crippen molar-refractivity contribution >= 4 is 5.97 Å². The molecule has 4 heteroatoms. The fourth-order valence-electron chi connectivity index (χ4n) is 0.907. The molecule has 0 rings (SSSR count). The maximum Gasteiger partial charge on any atom is 0.314 e. The number of rotatable bonds is 6. The van der Waals surface area contributed by atoms with Crippen LogP contribution in [-0.4, -0.2) is 56.5 Å². The van der Waals surface area contributed by atoms with Crippen LogP contribution in [0.2, 0.25) is 0 Å². The second-order valence-corrected chi connectivity index (χ2v) is 5.22. The van der Waals surface area contributed by atoms with E-state index in [0.717, 1.165) is 11.0 Å². The highest BCUT2D eigenvalue weighted by Crippen LogP contribution is 2.21. The molecule has 0 amide bonds. The van der Waals surface area contributed by atoms with Crippen molar-refractivity contribution in [3.05, 3.63) is 0 Å². The summed E-state index contributed by atoms with van der Waals surface area (Å²) in [6.45, 7) is 4.61.